The minimum atomic E-state index is -0.265. The molecule has 1 aliphatic heterocycles. The molecule has 4 heterocycles. The van der Waals surface area contributed by atoms with Crippen LogP contribution in [0.4, 0.5) is 11.5 Å². The van der Waals surface area contributed by atoms with Crippen LogP contribution in [0.3, 0.4) is 0 Å². The van der Waals surface area contributed by atoms with Crippen LogP contribution in [0, 0.1) is 6.92 Å². The zero-order valence-electron chi connectivity index (χ0n) is 17.0. The van der Waals surface area contributed by atoms with E-state index in [2.05, 4.69) is 25.3 Å². The summed E-state index contributed by atoms with van der Waals surface area (Å²) in [6.07, 6.45) is 1.72. The van der Waals surface area contributed by atoms with Crippen molar-refractivity contribution < 1.29 is 14.1 Å². The van der Waals surface area contributed by atoms with Gasteiger partial charge in [0.2, 0.25) is 0 Å². The number of nitrogens with zero attached hydrogens (tertiary/aromatic N) is 4. The lowest BCUT2D eigenvalue weighted by atomic mass is 10.0. The van der Waals surface area contributed by atoms with Crippen LogP contribution in [0.5, 0.6) is 0 Å². The molecule has 4 aromatic rings. The van der Waals surface area contributed by atoms with Gasteiger partial charge in [-0.15, -0.1) is 0 Å². The Hall–Kier alpha value is -3.78. The lowest BCUT2D eigenvalue weighted by Crippen LogP contribution is -2.37. The SMILES string of the molecule is Cc1noc2nc(-c3ccccc3)cc(C(=O)Nc3cccnc3N3CCOCC3)c12. The van der Waals surface area contributed by atoms with Gasteiger partial charge in [-0.1, -0.05) is 35.5 Å². The van der Waals surface area contributed by atoms with E-state index in [9.17, 15) is 4.79 Å². The molecular weight excluding hydrogens is 394 g/mol. The van der Waals surface area contributed by atoms with Crippen molar-refractivity contribution in [3.63, 3.8) is 0 Å². The number of aromatic nitrogens is 3. The first-order chi connectivity index (χ1) is 15.2. The molecule has 31 heavy (non-hydrogen) atoms. The van der Waals surface area contributed by atoms with Gasteiger partial charge in [-0.25, -0.2) is 9.97 Å². The summed E-state index contributed by atoms with van der Waals surface area (Å²) in [6, 6.07) is 15.1. The number of benzene rings is 1. The van der Waals surface area contributed by atoms with Crippen molar-refractivity contribution in [2.75, 3.05) is 36.5 Å². The molecule has 3 aromatic heterocycles. The van der Waals surface area contributed by atoms with Crippen molar-refractivity contribution in [1.29, 1.82) is 0 Å². The smallest absolute Gasteiger partial charge is 0.259 e. The topological polar surface area (TPSA) is 93.4 Å². The molecule has 8 nitrogen and oxygen atoms in total. The molecule has 1 saturated heterocycles. The van der Waals surface area contributed by atoms with Crippen molar-refractivity contribution in [1.82, 2.24) is 15.1 Å². The Morgan fingerprint density at radius 3 is 2.71 bits per heavy atom. The molecule has 8 heteroatoms. The fourth-order valence-corrected chi connectivity index (χ4v) is 3.74. The lowest BCUT2D eigenvalue weighted by Gasteiger charge is -2.29. The molecule has 0 spiro atoms. The van der Waals surface area contributed by atoms with Gasteiger partial charge in [0.25, 0.3) is 11.6 Å². The number of carbonyl (C=O) groups excluding carboxylic acids is 1. The van der Waals surface area contributed by atoms with Crippen molar-refractivity contribution in [3.8, 4) is 11.3 Å². The maximum Gasteiger partial charge on any atom is 0.259 e. The number of hydrogen-bond acceptors (Lipinski definition) is 7. The number of ether oxygens (including phenoxy) is 1. The number of morpholine rings is 1. The summed E-state index contributed by atoms with van der Waals surface area (Å²) in [6.45, 7) is 4.52. The Bertz CT molecular complexity index is 1230. The fourth-order valence-electron chi connectivity index (χ4n) is 3.74. The maximum absolute atomic E-state index is 13.4. The monoisotopic (exact) mass is 415 g/mol. The highest BCUT2D eigenvalue weighted by atomic mass is 16.5. The Kier molecular flexibility index (Phi) is 5.05. The van der Waals surface area contributed by atoms with E-state index in [4.69, 9.17) is 9.26 Å². The summed E-state index contributed by atoms with van der Waals surface area (Å²) < 4.78 is 10.8. The third-order valence-corrected chi connectivity index (χ3v) is 5.28. The van der Waals surface area contributed by atoms with Gasteiger partial charge in [0, 0.05) is 24.8 Å². The number of aryl methyl sites for hydroxylation is 1. The predicted octanol–water partition coefficient (Wildman–Crippen LogP) is 3.68. The lowest BCUT2D eigenvalue weighted by molar-refractivity contribution is 0.102. The van der Waals surface area contributed by atoms with Crippen LogP contribution < -0.4 is 10.2 Å². The van der Waals surface area contributed by atoms with Gasteiger partial charge in [0.15, 0.2) is 5.82 Å². The molecule has 156 valence electrons. The first-order valence-corrected chi connectivity index (χ1v) is 10.1. The van der Waals surface area contributed by atoms with E-state index < -0.39 is 0 Å². The van der Waals surface area contributed by atoms with Crippen LogP contribution in [0.15, 0.2) is 59.3 Å². The molecule has 1 aliphatic rings. The number of hydrogen-bond donors (Lipinski definition) is 1. The first-order valence-electron chi connectivity index (χ1n) is 10.1. The second kappa shape index (κ2) is 8.16. The zero-order valence-corrected chi connectivity index (χ0v) is 17.0. The van der Waals surface area contributed by atoms with E-state index >= 15 is 0 Å². The zero-order chi connectivity index (χ0) is 21.2. The Morgan fingerprint density at radius 1 is 1.10 bits per heavy atom. The number of anilines is 2. The van der Waals surface area contributed by atoms with Crippen molar-refractivity contribution in [2.45, 2.75) is 6.92 Å². The van der Waals surface area contributed by atoms with Gasteiger partial charge >= 0.3 is 0 Å². The number of pyridine rings is 2. The highest BCUT2D eigenvalue weighted by Crippen LogP contribution is 2.29. The second-order valence-corrected chi connectivity index (χ2v) is 7.30. The van der Waals surface area contributed by atoms with Crippen molar-refractivity contribution >= 4 is 28.5 Å². The van der Waals surface area contributed by atoms with Gasteiger partial charge in [-0.2, -0.15) is 0 Å². The third kappa shape index (κ3) is 3.73. The molecule has 1 N–H and O–H groups in total. The average Bonchev–Trinajstić information content (AvgIpc) is 3.20. The molecule has 0 bridgehead atoms. The Morgan fingerprint density at radius 2 is 1.90 bits per heavy atom. The van der Waals surface area contributed by atoms with Crippen LogP contribution in [0.25, 0.3) is 22.4 Å². The average molecular weight is 415 g/mol. The van der Waals surface area contributed by atoms with Gasteiger partial charge < -0.3 is 19.5 Å². The van der Waals surface area contributed by atoms with Crippen LogP contribution in [-0.4, -0.2) is 47.3 Å². The summed E-state index contributed by atoms with van der Waals surface area (Å²) in [5.74, 6) is 0.466. The molecule has 1 fully saturated rings. The van der Waals surface area contributed by atoms with Gasteiger partial charge in [-0.05, 0) is 25.1 Å². The minimum Gasteiger partial charge on any atom is -0.378 e. The highest BCUT2D eigenvalue weighted by Gasteiger charge is 2.22. The van der Waals surface area contributed by atoms with Crippen LogP contribution in [0.2, 0.25) is 0 Å². The molecule has 0 unspecified atom stereocenters. The number of carbonyl (C=O) groups is 1. The van der Waals surface area contributed by atoms with Crippen molar-refractivity contribution in [3.05, 3.63) is 66.0 Å². The summed E-state index contributed by atoms with van der Waals surface area (Å²) in [5.41, 5.74) is 3.60. The fraction of sp³-hybridized carbons (Fsp3) is 0.217. The summed E-state index contributed by atoms with van der Waals surface area (Å²) in [4.78, 5) is 24.6. The molecule has 0 atom stereocenters. The van der Waals surface area contributed by atoms with Crippen LogP contribution in [0.1, 0.15) is 16.1 Å². The van der Waals surface area contributed by atoms with Gasteiger partial charge in [-0.3, -0.25) is 4.79 Å². The van der Waals surface area contributed by atoms with Gasteiger partial charge in [0.05, 0.1) is 41.2 Å². The molecule has 0 saturated carbocycles. The normalized spacial score (nSPS) is 14.0. The standard InChI is InChI=1S/C23H21N5O3/c1-15-20-17(14-19(26-23(20)31-27-15)16-6-3-2-4-7-16)22(29)25-18-8-5-9-24-21(18)28-10-12-30-13-11-28/h2-9,14H,10-13H2,1H3,(H,25,29). The largest absolute Gasteiger partial charge is 0.378 e. The summed E-state index contributed by atoms with van der Waals surface area (Å²) in [5, 5.41) is 7.66. The highest BCUT2D eigenvalue weighted by molar-refractivity contribution is 6.13. The second-order valence-electron chi connectivity index (χ2n) is 7.30. The maximum atomic E-state index is 13.4. The van der Waals surface area contributed by atoms with E-state index in [1.807, 2.05) is 42.5 Å². The number of rotatable bonds is 4. The van der Waals surface area contributed by atoms with Crippen LogP contribution in [-0.2, 0) is 4.74 Å². The molecule has 5 rings (SSSR count). The minimum absolute atomic E-state index is 0.265. The van der Waals surface area contributed by atoms with E-state index in [-0.39, 0.29) is 5.91 Å². The summed E-state index contributed by atoms with van der Waals surface area (Å²) in [7, 11) is 0. The van der Waals surface area contributed by atoms with Crippen LogP contribution >= 0.6 is 0 Å². The first kappa shape index (κ1) is 19.2. The Balaban J connectivity index is 1.54. The molecule has 1 aromatic carbocycles. The van der Waals surface area contributed by atoms with E-state index in [1.54, 1.807) is 19.2 Å². The van der Waals surface area contributed by atoms with E-state index in [0.717, 1.165) is 24.5 Å². The van der Waals surface area contributed by atoms with Gasteiger partial charge in [0.1, 0.15) is 0 Å². The van der Waals surface area contributed by atoms with Crippen molar-refractivity contribution in [2.24, 2.45) is 0 Å². The number of fused-ring (bicyclic) bond motifs is 1. The third-order valence-electron chi connectivity index (χ3n) is 5.28. The van der Waals surface area contributed by atoms with E-state index in [0.29, 0.717) is 47.0 Å². The quantitative estimate of drug-likeness (QED) is 0.543. The molecular formula is C23H21N5O3. The molecule has 1 amide bonds. The molecule has 0 radical (unpaired) electrons. The number of nitrogens with one attached hydrogen (secondary N) is 1. The number of amides is 1. The molecule has 0 aliphatic carbocycles. The van der Waals surface area contributed by atoms with E-state index in [1.165, 1.54) is 0 Å². The predicted molar refractivity (Wildman–Crippen MR) is 117 cm³/mol. The Labute approximate surface area is 178 Å². The summed E-state index contributed by atoms with van der Waals surface area (Å²) >= 11 is 0.